The maximum atomic E-state index is 13.6. The number of aliphatic hydroxyl groups is 24. The van der Waals surface area contributed by atoms with Crippen LogP contribution in [0.15, 0.2) is 0 Å². The average molecular weight is 1700 g/mol. The number of hydrogen-bond donors (Lipinski definition) is 29. The second-order valence-corrected chi connectivity index (χ2v) is 29.5. The molecule has 9 aliphatic rings. The highest BCUT2D eigenvalue weighted by molar-refractivity contribution is 5.77. The van der Waals surface area contributed by atoms with E-state index < -0.39 is 364 Å². The molecule has 51 heteroatoms. The second-order valence-electron chi connectivity index (χ2n) is 29.5. The van der Waals surface area contributed by atoms with Crippen LogP contribution in [-0.4, -0.2) is 485 Å². The number of nitrogens with one attached hydrogen (secondary N) is 4. The Balaban J connectivity index is 1.06. The van der Waals surface area contributed by atoms with E-state index in [9.17, 15) is 152 Å². The zero-order valence-electron chi connectivity index (χ0n) is 62.8. The zero-order chi connectivity index (χ0) is 85.9. The van der Waals surface area contributed by atoms with Gasteiger partial charge in [-0.15, -0.1) is 0 Å². The first-order valence-electron chi connectivity index (χ1n) is 37.0. The Morgan fingerprint density at radius 2 is 0.672 bits per heavy atom. The highest BCUT2D eigenvalue weighted by atomic mass is 16.8. The average Bonchev–Trinajstić information content (AvgIpc) is 0.751. The van der Waals surface area contributed by atoms with Crippen LogP contribution in [0.3, 0.4) is 0 Å². The normalized spacial score (nSPS) is 48.2. The quantitative estimate of drug-likeness (QED) is 0.0318. The summed E-state index contributed by atoms with van der Waals surface area (Å²) in [6, 6.07) is -7.60. The third-order valence-electron chi connectivity index (χ3n) is 21.3. The van der Waals surface area contributed by atoms with E-state index in [-0.39, 0.29) is 0 Å². The standard InChI is InChI=1S/C65H108N4O47/c1-15-33(83)40(90)42(92)59(100-15)111-51-31(68-19(5)79)57(113-53-36(86)23(9-71)103-61(44(53)94)108-47-26(12-74)102-56(97)30(39(47)89)67-18(4)78)106-27(13-75)48(51)109-62-45(95)54(37(87)24(10-72)104-62)114-58-32(69-20(6)80)52(112-60-43(93)41(91)34(84)16(2)101-60)49(28(14-76)107-58)110-63-46(96)55(38(88)25(11-73)105-63)116-65(64(98)99)7-21(81)29(66-17(3)77)50(115-65)35(85)22(82)8-70/h15-16,21-63,70-76,81-97H,7-14H2,1-6H3,(H,66,77)(H,67,78)(H,68,79)(H,69,80)(H,98,99)/t15-,16-,21-,22+,23+,24+,25+,26+,27+,28+,29+,30+,31+,32+,33+,34+,35+,36-,37-,38-,39+,40+,41+,42-,43-,44+,45+,46+,47+,48+,49+,50+,51+,52+,53-,54-,55-,56+,57-,58-,59-,60-,61-,62-,63-,65-/m0/s1. The van der Waals surface area contributed by atoms with E-state index >= 15 is 0 Å². The number of carboxylic acid groups (broad SMARTS) is 1. The Morgan fingerprint density at radius 1 is 0.353 bits per heavy atom. The summed E-state index contributed by atoms with van der Waals surface area (Å²) >= 11 is 0. The number of ether oxygens (including phenoxy) is 17. The molecule has 0 radical (unpaired) electrons. The molecule has 670 valence electrons. The Kier molecular flexibility index (Phi) is 33.6. The third kappa shape index (κ3) is 20.6. The second kappa shape index (κ2) is 40.8. The van der Waals surface area contributed by atoms with E-state index in [1.807, 2.05) is 0 Å². The smallest absolute Gasteiger partial charge is 0.364 e. The van der Waals surface area contributed by atoms with E-state index in [0.29, 0.717) is 0 Å². The molecule has 51 nitrogen and oxygen atoms in total. The van der Waals surface area contributed by atoms with Crippen molar-refractivity contribution in [2.45, 2.75) is 330 Å². The lowest BCUT2D eigenvalue weighted by molar-refractivity contribution is -0.403. The van der Waals surface area contributed by atoms with E-state index in [1.165, 1.54) is 13.8 Å². The Morgan fingerprint density at radius 3 is 1.04 bits per heavy atom. The molecule has 0 aliphatic carbocycles. The van der Waals surface area contributed by atoms with Gasteiger partial charge in [0.2, 0.25) is 23.6 Å². The molecule has 0 unspecified atom stereocenters. The number of carbonyl (C=O) groups is 5. The first-order chi connectivity index (χ1) is 54.6. The first-order valence-corrected chi connectivity index (χ1v) is 37.0. The van der Waals surface area contributed by atoms with Gasteiger partial charge in [-0.05, 0) is 13.8 Å². The predicted octanol–water partition coefficient (Wildman–Crippen LogP) is -18.8. The van der Waals surface area contributed by atoms with Crippen LogP contribution in [0.2, 0.25) is 0 Å². The van der Waals surface area contributed by atoms with Gasteiger partial charge in [0, 0.05) is 34.1 Å². The maximum absolute atomic E-state index is 13.6. The maximum Gasteiger partial charge on any atom is 0.364 e. The summed E-state index contributed by atoms with van der Waals surface area (Å²) in [6.07, 6.45) is -88.8. The van der Waals surface area contributed by atoms with E-state index in [0.717, 1.165) is 27.7 Å². The van der Waals surface area contributed by atoms with Crippen molar-refractivity contribution in [3.8, 4) is 0 Å². The van der Waals surface area contributed by atoms with E-state index in [2.05, 4.69) is 21.3 Å². The van der Waals surface area contributed by atoms with Crippen LogP contribution < -0.4 is 21.3 Å². The molecule has 9 fully saturated rings. The van der Waals surface area contributed by atoms with Gasteiger partial charge in [-0.1, -0.05) is 0 Å². The van der Waals surface area contributed by atoms with Crippen LogP contribution in [-0.2, 0) is 104 Å². The summed E-state index contributed by atoms with van der Waals surface area (Å²) in [4.78, 5) is 64.9. The summed E-state index contributed by atoms with van der Waals surface area (Å²) in [5.41, 5.74) is 0. The number of amides is 4. The molecule has 9 aliphatic heterocycles. The fourth-order valence-corrected chi connectivity index (χ4v) is 15.2. The largest absolute Gasteiger partial charge is 0.477 e. The minimum Gasteiger partial charge on any atom is -0.477 e. The van der Waals surface area contributed by atoms with Crippen molar-refractivity contribution in [3.63, 3.8) is 0 Å². The number of carboxylic acids is 1. The third-order valence-corrected chi connectivity index (χ3v) is 21.3. The van der Waals surface area contributed by atoms with E-state index in [1.54, 1.807) is 0 Å². The van der Waals surface area contributed by atoms with Crippen LogP contribution in [0.1, 0.15) is 48.0 Å². The molecule has 116 heavy (non-hydrogen) atoms. The lowest BCUT2D eigenvalue weighted by Crippen LogP contribution is -2.72. The summed E-state index contributed by atoms with van der Waals surface area (Å²) in [6.45, 7) is -2.26. The van der Waals surface area contributed by atoms with E-state index in [4.69, 9.17) is 80.5 Å². The minimum atomic E-state index is -3.34. The summed E-state index contributed by atoms with van der Waals surface area (Å²) in [7, 11) is 0. The molecular weight excluding hydrogens is 1590 g/mol. The summed E-state index contributed by atoms with van der Waals surface area (Å²) in [5.74, 6) is -9.28. The highest BCUT2D eigenvalue weighted by Gasteiger charge is 2.64. The van der Waals surface area contributed by atoms with Crippen molar-refractivity contribution in [1.82, 2.24) is 21.3 Å². The van der Waals surface area contributed by atoms with Gasteiger partial charge in [0.1, 0.15) is 201 Å². The van der Waals surface area contributed by atoms with Crippen LogP contribution >= 0.6 is 0 Å². The molecule has 0 aromatic rings. The molecule has 46 atom stereocenters. The Hall–Kier alpha value is -4.29. The summed E-state index contributed by atoms with van der Waals surface area (Å²) in [5, 5.41) is 289. The Labute approximate surface area is 657 Å². The van der Waals surface area contributed by atoms with Crippen molar-refractivity contribution in [1.29, 1.82) is 0 Å². The molecule has 9 saturated heterocycles. The fourth-order valence-electron chi connectivity index (χ4n) is 15.2. The van der Waals surface area contributed by atoms with Gasteiger partial charge in [0.25, 0.3) is 5.79 Å². The van der Waals surface area contributed by atoms with Crippen molar-refractivity contribution in [2.75, 3.05) is 46.2 Å². The Bertz CT molecular complexity index is 3170. The number of carbonyl (C=O) groups excluding carboxylic acids is 4. The lowest BCUT2D eigenvalue weighted by Gasteiger charge is -2.53. The molecule has 0 spiro atoms. The van der Waals surface area contributed by atoms with Crippen molar-refractivity contribution >= 4 is 29.6 Å². The number of hydrogen-bond acceptors (Lipinski definition) is 46. The van der Waals surface area contributed by atoms with Crippen molar-refractivity contribution < 1.29 is 232 Å². The van der Waals surface area contributed by atoms with Gasteiger partial charge >= 0.3 is 5.97 Å². The molecule has 0 saturated carbocycles. The monoisotopic (exact) mass is 1700 g/mol. The van der Waals surface area contributed by atoms with Crippen LogP contribution in [0.25, 0.3) is 0 Å². The van der Waals surface area contributed by atoms with Crippen LogP contribution in [0.4, 0.5) is 0 Å². The first kappa shape index (κ1) is 95.5. The van der Waals surface area contributed by atoms with Crippen LogP contribution in [0.5, 0.6) is 0 Å². The number of aliphatic hydroxyl groups excluding tert-OH is 24. The molecule has 0 aromatic carbocycles. The van der Waals surface area contributed by atoms with Gasteiger partial charge < -0.3 is 229 Å². The molecular formula is C65H108N4O47. The van der Waals surface area contributed by atoms with Gasteiger partial charge in [-0.3, -0.25) is 19.2 Å². The van der Waals surface area contributed by atoms with Gasteiger partial charge in [-0.25, -0.2) is 4.79 Å². The predicted molar refractivity (Wildman–Crippen MR) is 358 cm³/mol. The molecule has 29 N–H and O–H groups in total. The molecule has 9 heterocycles. The van der Waals surface area contributed by atoms with Crippen molar-refractivity contribution in [2.24, 2.45) is 0 Å². The number of rotatable bonds is 30. The SMILES string of the molecule is CC(=O)N[C@@H]1[C@@H](O)[C@H](O[C@@H]2O[C@H](CO)[C@H](O)[C@H](O[C@@H]3O[C@H](CO)[C@@H](O[C@@H]4O[C@H](CO)[C@H](O)[C@H](O[C@@H]5O[C@H](CO)[C@@H](O[C@@H]6O[C@H](CO)[C@H](O)[C@H](O[C@]7(C(=O)O)C[C@H](O)[C@@H](NC(C)=O)[C@H]([C@H](O)[C@H](O)CO)O7)[C@H]6O)[C@H](O[C@@H]6O[C@@H](C)[C@@H](O)[C@@H](O)[C@@H]6O)[C@H]5NC(C)=O)[C@H]4O)[C@H](O[C@@H]4O[C@@H](C)[C@@H](O)[C@@H](O)[C@@H]4O)[C@H]3NC(C)=O)[C@H]2O)[C@@H](CO)O[C@H]1O. The lowest BCUT2D eigenvalue weighted by atomic mass is 9.88. The van der Waals surface area contributed by atoms with Gasteiger partial charge in [0.05, 0.1) is 70.6 Å². The zero-order valence-corrected chi connectivity index (χ0v) is 62.8. The summed E-state index contributed by atoms with van der Waals surface area (Å²) < 4.78 is 102. The molecule has 0 bridgehead atoms. The highest BCUT2D eigenvalue weighted by Crippen LogP contribution is 2.43. The van der Waals surface area contributed by atoms with Crippen LogP contribution in [0, 0.1) is 0 Å². The minimum absolute atomic E-state index is 0.784. The van der Waals surface area contributed by atoms with Gasteiger partial charge in [0.15, 0.2) is 50.3 Å². The molecule has 4 amide bonds. The molecule has 0 aromatic heterocycles. The van der Waals surface area contributed by atoms with Gasteiger partial charge in [-0.2, -0.15) is 0 Å². The number of aliphatic carboxylic acids is 1. The topological polar surface area (TPSA) is 796 Å². The molecule has 9 rings (SSSR count). The fraction of sp³-hybridized carbons (Fsp3) is 0.923. The van der Waals surface area contributed by atoms with Crippen molar-refractivity contribution in [3.05, 3.63) is 0 Å².